The Bertz CT molecular complexity index is 558. The van der Waals surface area contributed by atoms with E-state index in [1.54, 1.807) is 0 Å². The molecule has 2 N–H and O–H groups in total. The molecule has 0 unspecified atom stereocenters. The summed E-state index contributed by atoms with van der Waals surface area (Å²) in [4.78, 5) is 18.6. The van der Waals surface area contributed by atoms with Gasteiger partial charge in [-0.3, -0.25) is 4.79 Å². The van der Waals surface area contributed by atoms with Gasteiger partial charge >= 0.3 is 0 Å². The van der Waals surface area contributed by atoms with E-state index < -0.39 is 0 Å². The molecule has 1 heterocycles. The van der Waals surface area contributed by atoms with E-state index in [9.17, 15) is 4.79 Å². The van der Waals surface area contributed by atoms with Crippen molar-refractivity contribution in [2.45, 2.75) is 13.5 Å². The maximum absolute atomic E-state index is 11.5. The van der Waals surface area contributed by atoms with Crippen LogP contribution in [-0.2, 0) is 6.54 Å². The maximum atomic E-state index is 11.5. The Hall–Kier alpha value is -1.94. The third kappa shape index (κ3) is 2.79. The number of nitrogens with zero attached hydrogens (tertiary/aromatic N) is 1. The second-order valence-corrected chi connectivity index (χ2v) is 3.97. The zero-order valence-electron chi connectivity index (χ0n) is 9.95. The normalized spacial score (nSPS) is 10.5. The molecule has 0 spiro atoms. The van der Waals surface area contributed by atoms with E-state index in [2.05, 4.69) is 15.3 Å². The summed E-state index contributed by atoms with van der Waals surface area (Å²) in [7, 11) is 1.82. The number of rotatable bonds is 3. The van der Waals surface area contributed by atoms with Crippen LogP contribution in [0.5, 0.6) is 0 Å². The van der Waals surface area contributed by atoms with Gasteiger partial charge in [0.25, 0.3) is 5.56 Å². The van der Waals surface area contributed by atoms with Crippen molar-refractivity contribution in [1.82, 2.24) is 15.3 Å². The summed E-state index contributed by atoms with van der Waals surface area (Å²) in [6, 6.07) is 9.48. The average Bonchev–Trinajstić information content (AvgIpc) is 2.29. The summed E-state index contributed by atoms with van der Waals surface area (Å²) in [5.74, 6) is 0.649. The van der Waals surface area contributed by atoms with Crippen molar-refractivity contribution in [3.8, 4) is 11.3 Å². The Morgan fingerprint density at radius 2 is 2.00 bits per heavy atom. The lowest BCUT2D eigenvalue weighted by Crippen LogP contribution is -2.16. The van der Waals surface area contributed by atoms with Crippen LogP contribution in [0.1, 0.15) is 11.4 Å². The number of nitrogens with one attached hydrogen (secondary N) is 2. The lowest BCUT2D eigenvalue weighted by Gasteiger charge is -2.04. The van der Waals surface area contributed by atoms with Gasteiger partial charge in [-0.2, -0.15) is 0 Å². The van der Waals surface area contributed by atoms with Crippen molar-refractivity contribution in [2.75, 3.05) is 7.05 Å². The van der Waals surface area contributed by atoms with Crippen LogP contribution in [-0.4, -0.2) is 17.0 Å². The molecule has 4 heteroatoms. The van der Waals surface area contributed by atoms with Crippen LogP contribution < -0.4 is 10.9 Å². The predicted octanol–water partition coefficient (Wildman–Crippen LogP) is 1.46. The maximum Gasteiger partial charge on any atom is 0.251 e. The molecule has 1 aromatic carbocycles. The molecule has 2 aromatic rings. The smallest absolute Gasteiger partial charge is 0.251 e. The second-order valence-electron chi connectivity index (χ2n) is 3.97. The van der Waals surface area contributed by atoms with Crippen molar-refractivity contribution < 1.29 is 0 Å². The van der Waals surface area contributed by atoms with Crippen LogP contribution in [0.15, 0.2) is 35.1 Å². The van der Waals surface area contributed by atoms with Crippen molar-refractivity contribution in [1.29, 1.82) is 0 Å². The molecule has 17 heavy (non-hydrogen) atoms. The summed E-state index contributed by atoms with van der Waals surface area (Å²) in [6.07, 6.45) is 0. The first-order chi connectivity index (χ1) is 8.19. The number of aromatic amines is 1. The molecular weight excluding hydrogens is 214 g/mol. The van der Waals surface area contributed by atoms with Crippen LogP contribution in [0.2, 0.25) is 0 Å². The minimum absolute atomic E-state index is 0.124. The van der Waals surface area contributed by atoms with Crippen molar-refractivity contribution in [3.63, 3.8) is 0 Å². The molecule has 1 aromatic heterocycles. The first-order valence-electron chi connectivity index (χ1n) is 5.51. The molecule has 0 bridgehead atoms. The van der Waals surface area contributed by atoms with Crippen LogP contribution in [0.3, 0.4) is 0 Å². The fourth-order valence-electron chi connectivity index (χ4n) is 1.63. The zero-order valence-corrected chi connectivity index (χ0v) is 9.95. The summed E-state index contributed by atoms with van der Waals surface area (Å²) in [5.41, 5.74) is 2.73. The highest BCUT2D eigenvalue weighted by atomic mass is 16.1. The van der Waals surface area contributed by atoms with Gasteiger partial charge < -0.3 is 10.3 Å². The van der Waals surface area contributed by atoms with E-state index in [-0.39, 0.29) is 5.56 Å². The molecular formula is C13H15N3O. The molecule has 0 amide bonds. The fraction of sp³-hybridized carbons (Fsp3) is 0.231. The van der Waals surface area contributed by atoms with Gasteiger partial charge in [0.15, 0.2) is 0 Å². The molecule has 0 aliphatic rings. The largest absolute Gasteiger partial charge is 0.313 e. The fourth-order valence-corrected chi connectivity index (χ4v) is 1.63. The highest BCUT2D eigenvalue weighted by Crippen LogP contribution is 2.15. The standard InChI is InChI=1S/C13H15N3O/c1-9-3-5-10(6-4-9)11-7-13(17)16-12(15-11)8-14-2/h3-7,14H,8H2,1-2H3,(H,15,16,17). The third-order valence-electron chi connectivity index (χ3n) is 2.48. The van der Waals surface area contributed by atoms with Crippen LogP contribution in [0.4, 0.5) is 0 Å². The Balaban J connectivity index is 2.44. The lowest BCUT2D eigenvalue weighted by molar-refractivity contribution is 0.754. The number of H-pyrrole nitrogens is 1. The van der Waals surface area contributed by atoms with Crippen molar-refractivity contribution >= 4 is 0 Å². The number of hydrogen-bond acceptors (Lipinski definition) is 3. The first kappa shape index (κ1) is 11.5. The molecule has 0 saturated carbocycles. The van der Waals surface area contributed by atoms with Gasteiger partial charge in [0, 0.05) is 11.6 Å². The minimum atomic E-state index is -0.124. The molecule has 4 nitrogen and oxygen atoms in total. The quantitative estimate of drug-likeness (QED) is 0.837. The first-order valence-corrected chi connectivity index (χ1v) is 5.51. The Kier molecular flexibility index (Phi) is 3.35. The summed E-state index contributed by atoms with van der Waals surface area (Å²) in [5, 5.41) is 2.97. The second kappa shape index (κ2) is 4.93. The van der Waals surface area contributed by atoms with Crippen LogP contribution >= 0.6 is 0 Å². The van der Waals surface area contributed by atoms with E-state index in [1.807, 2.05) is 38.2 Å². The third-order valence-corrected chi connectivity index (χ3v) is 2.48. The molecule has 0 fully saturated rings. The number of hydrogen-bond donors (Lipinski definition) is 2. The van der Waals surface area contributed by atoms with E-state index in [0.29, 0.717) is 18.1 Å². The number of aryl methyl sites for hydroxylation is 1. The Morgan fingerprint density at radius 3 is 2.65 bits per heavy atom. The Morgan fingerprint density at radius 1 is 1.29 bits per heavy atom. The SMILES string of the molecule is CNCc1nc(-c2ccc(C)cc2)cc(=O)[nH]1. The number of benzene rings is 1. The predicted molar refractivity (Wildman–Crippen MR) is 67.8 cm³/mol. The van der Waals surface area contributed by atoms with E-state index in [1.165, 1.54) is 11.6 Å². The van der Waals surface area contributed by atoms with E-state index >= 15 is 0 Å². The highest BCUT2D eigenvalue weighted by Gasteiger charge is 2.03. The van der Waals surface area contributed by atoms with Gasteiger partial charge in [-0.15, -0.1) is 0 Å². The molecule has 88 valence electrons. The molecule has 0 aliphatic heterocycles. The monoisotopic (exact) mass is 229 g/mol. The molecule has 0 aliphatic carbocycles. The van der Waals surface area contributed by atoms with Crippen LogP contribution in [0.25, 0.3) is 11.3 Å². The van der Waals surface area contributed by atoms with Crippen molar-refractivity contribution in [2.24, 2.45) is 0 Å². The van der Waals surface area contributed by atoms with Gasteiger partial charge in [0.1, 0.15) is 5.82 Å². The van der Waals surface area contributed by atoms with Gasteiger partial charge in [-0.25, -0.2) is 4.98 Å². The van der Waals surface area contributed by atoms with Gasteiger partial charge in [0.2, 0.25) is 0 Å². The molecule has 0 radical (unpaired) electrons. The molecule has 2 rings (SSSR count). The summed E-state index contributed by atoms with van der Waals surface area (Å²) in [6.45, 7) is 2.58. The average molecular weight is 229 g/mol. The summed E-state index contributed by atoms with van der Waals surface area (Å²) >= 11 is 0. The molecule has 0 saturated heterocycles. The van der Waals surface area contributed by atoms with E-state index in [4.69, 9.17) is 0 Å². The van der Waals surface area contributed by atoms with Gasteiger partial charge in [-0.1, -0.05) is 29.8 Å². The Labute approximate surface area is 99.7 Å². The summed E-state index contributed by atoms with van der Waals surface area (Å²) < 4.78 is 0. The minimum Gasteiger partial charge on any atom is -0.313 e. The topological polar surface area (TPSA) is 57.8 Å². The lowest BCUT2D eigenvalue weighted by atomic mass is 10.1. The van der Waals surface area contributed by atoms with Gasteiger partial charge in [0.05, 0.1) is 12.2 Å². The highest BCUT2D eigenvalue weighted by molar-refractivity contribution is 5.58. The zero-order chi connectivity index (χ0) is 12.3. The number of aromatic nitrogens is 2. The van der Waals surface area contributed by atoms with Crippen molar-refractivity contribution in [3.05, 3.63) is 52.1 Å². The van der Waals surface area contributed by atoms with Gasteiger partial charge in [-0.05, 0) is 14.0 Å². The molecule has 0 atom stereocenters. The van der Waals surface area contributed by atoms with E-state index in [0.717, 1.165) is 5.56 Å². The van der Waals surface area contributed by atoms with Crippen LogP contribution in [0, 0.1) is 6.92 Å².